The van der Waals surface area contributed by atoms with Crippen LogP contribution in [-0.2, 0) is 23.9 Å². The summed E-state index contributed by atoms with van der Waals surface area (Å²) in [5, 5.41) is 15.5. The van der Waals surface area contributed by atoms with Gasteiger partial charge in [0.05, 0.1) is 22.4 Å². The second-order valence-electron chi connectivity index (χ2n) is 14.1. The first-order chi connectivity index (χ1) is 27.1. The molecule has 0 bridgehead atoms. The summed E-state index contributed by atoms with van der Waals surface area (Å²) in [5.41, 5.74) is 0.893. The van der Waals surface area contributed by atoms with E-state index in [-0.39, 0.29) is 61.1 Å². The minimum atomic E-state index is -4.91. The van der Waals surface area contributed by atoms with Gasteiger partial charge in [0.25, 0.3) is 11.8 Å². The predicted octanol–water partition coefficient (Wildman–Crippen LogP) is 7.36. The monoisotopic (exact) mass is 803 g/mol. The molecular formula is C41H40F3N5O7S. The van der Waals surface area contributed by atoms with Crippen molar-refractivity contribution >= 4 is 61.2 Å². The van der Waals surface area contributed by atoms with E-state index >= 15 is 0 Å². The number of anilines is 1. The van der Waals surface area contributed by atoms with E-state index in [4.69, 9.17) is 9.72 Å². The number of aromatic nitrogens is 2. The van der Waals surface area contributed by atoms with Crippen LogP contribution >= 0.6 is 11.3 Å². The van der Waals surface area contributed by atoms with Gasteiger partial charge in [0.15, 0.2) is 5.13 Å². The van der Waals surface area contributed by atoms with Gasteiger partial charge in [-0.3, -0.25) is 34.0 Å². The maximum atomic E-state index is 14.6. The van der Waals surface area contributed by atoms with Gasteiger partial charge in [-0.2, -0.15) is 0 Å². The number of halogens is 3. The second kappa shape index (κ2) is 17.1. The van der Waals surface area contributed by atoms with Gasteiger partial charge in [0.1, 0.15) is 17.0 Å². The summed E-state index contributed by atoms with van der Waals surface area (Å²) in [6.07, 6.45) is -0.849. The lowest BCUT2D eigenvalue weighted by Gasteiger charge is -2.32. The van der Waals surface area contributed by atoms with E-state index in [0.717, 1.165) is 21.7 Å². The van der Waals surface area contributed by atoms with Crippen LogP contribution in [0.25, 0.3) is 21.1 Å². The number of pyridine rings is 1. The van der Waals surface area contributed by atoms with E-state index in [0.29, 0.717) is 28.0 Å². The second-order valence-corrected chi connectivity index (χ2v) is 15.1. The Morgan fingerprint density at radius 3 is 2.39 bits per heavy atom. The molecule has 0 saturated heterocycles. The zero-order valence-corrected chi connectivity index (χ0v) is 32.1. The zero-order valence-electron chi connectivity index (χ0n) is 31.3. The van der Waals surface area contributed by atoms with Crippen LogP contribution < -0.4 is 15.0 Å². The van der Waals surface area contributed by atoms with Crippen LogP contribution in [0.1, 0.15) is 63.6 Å². The number of benzene rings is 3. The van der Waals surface area contributed by atoms with Crippen LogP contribution in [0, 0.1) is 0 Å². The van der Waals surface area contributed by atoms with E-state index < -0.39 is 41.6 Å². The van der Waals surface area contributed by atoms with Crippen LogP contribution in [0.15, 0.2) is 91.1 Å². The fraction of sp³-hybridized carbons (Fsp3) is 0.317. The van der Waals surface area contributed by atoms with Crippen LogP contribution in [0.4, 0.5) is 18.3 Å². The number of ether oxygens (including phenoxy) is 2. The fourth-order valence-electron chi connectivity index (χ4n) is 6.42. The number of rotatable bonds is 16. The molecule has 0 aliphatic carbocycles. The molecule has 3 aromatic carbocycles. The number of para-hydroxylation sites is 1. The van der Waals surface area contributed by atoms with Crippen molar-refractivity contribution in [3.63, 3.8) is 0 Å². The Bertz CT molecular complexity index is 2260. The number of carbonyl (C=O) groups is 4. The Balaban J connectivity index is 1.21. The third-order valence-corrected chi connectivity index (χ3v) is 10.4. The molecule has 12 nitrogen and oxygen atoms in total. The Morgan fingerprint density at radius 1 is 0.965 bits per heavy atom. The third kappa shape index (κ3) is 10.1. The van der Waals surface area contributed by atoms with Gasteiger partial charge in [0, 0.05) is 60.8 Å². The smallest absolute Gasteiger partial charge is 0.505 e. The van der Waals surface area contributed by atoms with Crippen molar-refractivity contribution < 1.29 is 46.9 Å². The molecule has 0 spiro atoms. The van der Waals surface area contributed by atoms with Crippen LogP contribution in [0.3, 0.4) is 0 Å². The lowest BCUT2D eigenvalue weighted by Crippen LogP contribution is -2.45. The predicted molar refractivity (Wildman–Crippen MR) is 207 cm³/mol. The SMILES string of the molecule is CC(CCC(=O)N(c1nc2ccccc2s1)C(c1ccc(OC(F)(F)F)cc1)c1ccc2cccnc2c1O)OCCC(C)(C)NC(=O)CCN1C(=O)C=CC1=O. The quantitative estimate of drug-likeness (QED) is 0.0976. The maximum absolute atomic E-state index is 14.6. The van der Waals surface area contributed by atoms with Gasteiger partial charge < -0.3 is 19.9 Å². The summed E-state index contributed by atoms with van der Waals surface area (Å²) in [7, 11) is 0. The number of fused-ring (bicyclic) bond motifs is 2. The highest BCUT2D eigenvalue weighted by atomic mass is 32.1. The number of hydrogen-bond donors (Lipinski definition) is 2. The number of carbonyl (C=O) groups excluding carboxylic acids is 4. The third-order valence-electron chi connectivity index (χ3n) is 9.35. The lowest BCUT2D eigenvalue weighted by molar-refractivity contribution is -0.274. The van der Waals surface area contributed by atoms with Gasteiger partial charge in [-0.1, -0.05) is 53.8 Å². The topological polar surface area (TPSA) is 151 Å². The molecule has 6 rings (SSSR count). The highest BCUT2D eigenvalue weighted by molar-refractivity contribution is 7.22. The van der Waals surface area contributed by atoms with Crippen molar-refractivity contribution in [2.45, 2.75) is 70.5 Å². The van der Waals surface area contributed by atoms with Crippen molar-refractivity contribution in [3.8, 4) is 11.5 Å². The van der Waals surface area contributed by atoms with Crippen LogP contribution in [-0.4, -0.2) is 74.8 Å². The van der Waals surface area contributed by atoms with E-state index in [9.17, 15) is 37.5 Å². The van der Waals surface area contributed by atoms with E-state index in [2.05, 4.69) is 15.0 Å². The number of thiazole rings is 1. The molecule has 4 amide bonds. The molecule has 2 atom stereocenters. The molecule has 2 aromatic heterocycles. The molecule has 298 valence electrons. The van der Waals surface area contributed by atoms with Crippen molar-refractivity contribution in [1.29, 1.82) is 0 Å². The summed E-state index contributed by atoms with van der Waals surface area (Å²) < 4.78 is 50.2. The van der Waals surface area contributed by atoms with Gasteiger partial charge in [-0.15, -0.1) is 13.2 Å². The standard InChI is InChI=1S/C41H40F3N5O7S/c1-25(55-24-21-40(2,3)47-32(50)20-23-48-33(51)18-19-34(48)52)10-17-35(53)49(39-46-30-8-4-5-9-31(30)57-39)37(27-11-14-28(15-12-27)56-41(42,43)44)29-16-13-26-7-6-22-45-36(26)38(29)54/h4-9,11-16,18-19,22,25,37,54H,10,17,20-21,23-24H2,1-3H3,(H,47,50). The van der Waals surface area contributed by atoms with Crippen LogP contribution in [0.5, 0.6) is 11.5 Å². The maximum Gasteiger partial charge on any atom is 0.573 e. The Kier molecular flexibility index (Phi) is 12.2. The molecule has 1 aliphatic heterocycles. The number of aromatic hydroxyl groups is 1. The first kappa shape index (κ1) is 40.8. The summed E-state index contributed by atoms with van der Waals surface area (Å²) in [5.74, 6) is -2.27. The fourth-order valence-corrected chi connectivity index (χ4v) is 7.43. The average Bonchev–Trinajstić information content (AvgIpc) is 3.73. The molecule has 5 aromatic rings. The minimum Gasteiger partial charge on any atom is -0.505 e. The van der Waals surface area contributed by atoms with Gasteiger partial charge in [0.2, 0.25) is 11.8 Å². The molecule has 2 unspecified atom stereocenters. The van der Waals surface area contributed by atoms with Crippen molar-refractivity contribution in [2.75, 3.05) is 18.1 Å². The molecular weight excluding hydrogens is 764 g/mol. The van der Waals surface area contributed by atoms with Gasteiger partial charge in [-0.25, -0.2) is 4.98 Å². The number of imide groups is 1. The average molecular weight is 804 g/mol. The first-order valence-electron chi connectivity index (χ1n) is 18.1. The number of nitrogens with zero attached hydrogens (tertiary/aromatic N) is 4. The van der Waals surface area contributed by atoms with Crippen molar-refractivity contribution in [2.24, 2.45) is 0 Å². The molecule has 1 aliphatic rings. The van der Waals surface area contributed by atoms with E-state index in [1.807, 2.05) is 39.0 Å². The largest absolute Gasteiger partial charge is 0.573 e. The van der Waals surface area contributed by atoms with E-state index in [1.165, 1.54) is 46.7 Å². The van der Waals surface area contributed by atoms with Crippen molar-refractivity contribution in [3.05, 3.63) is 102 Å². The summed E-state index contributed by atoms with van der Waals surface area (Å²) >= 11 is 1.26. The highest BCUT2D eigenvalue weighted by Crippen LogP contribution is 2.43. The van der Waals surface area contributed by atoms with Crippen molar-refractivity contribution in [1.82, 2.24) is 20.2 Å². The highest BCUT2D eigenvalue weighted by Gasteiger charge is 2.35. The van der Waals surface area contributed by atoms with Gasteiger partial charge >= 0.3 is 6.36 Å². The summed E-state index contributed by atoms with van der Waals surface area (Å²) in [4.78, 5) is 62.4. The Hall–Kier alpha value is -5.87. The lowest BCUT2D eigenvalue weighted by atomic mass is 9.94. The van der Waals surface area contributed by atoms with Crippen LogP contribution in [0.2, 0.25) is 0 Å². The molecule has 0 saturated carbocycles. The number of phenolic OH excluding ortho intramolecular Hbond substituents is 1. The van der Waals surface area contributed by atoms with E-state index in [1.54, 1.807) is 30.3 Å². The Labute approximate surface area is 329 Å². The summed E-state index contributed by atoms with van der Waals surface area (Å²) in [6.45, 7) is 5.68. The minimum absolute atomic E-state index is 0.0294. The number of nitrogens with one attached hydrogen (secondary N) is 1. The first-order valence-corrected chi connectivity index (χ1v) is 19.0. The number of alkyl halides is 3. The molecule has 0 fully saturated rings. The summed E-state index contributed by atoms with van der Waals surface area (Å²) in [6, 6.07) is 18.3. The molecule has 57 heavy (non-hydrogen) atoms. The Morgan fingerprint density at radius 2 is 1.68 bits per heavy atom. The molecule has 2 N–H and O–H groups in total. The number of phenols is 1. The normalized spacial score (nSPS) is 14.3. The molecule has 16 heteroatoms. The number of amides is 4. The van der Waals surface area contributed by atoms with Gasteiger partial charge in [-0.05, 0) is 69.5 Å². The number of hydrogen-bond acceptors (Lipinski definition) is 10. The molecule has 3 heterocycles. The molecule has 0 radical (unpaired) electrons. The zero-order chi connectivity index (χ0) is 40.9.